The summed E-state index contributed by atoms with van der Waals surface area (Å²) in [4.78, 5) is 135. The van der Waals surface area contributed by atoms with Gasteiger partial charge in [0, 0.05) is 117 Å². The first-order valence-corrected chi connectivity index (χ1v) is 47.5. The van der Waals surface area contributed by atoms with Gasteiger partial charge in [-0.15, -0.1) is 34.0 Å². The van der Waals surface area contributed by atoms with E-state index in [1.165, 1.54) is 52.6 Å². The summed E-state index contributed by atoms with van der Waals surface area (Å²) in [6.07, 6.45) is 2.03. The number of aliphatic hydroxyl groups excluding tert-OH is 3. The summed E-state index contributed by atoms with van der Waals surface area (Å²) in [6.45, 7) is 15.1. The number of aliphatic hydroxyl groups is 3. The summed E-state index contributed by atoms with van der Waals surface area (Å²) >= 11 is 19.7. The summed E-state index contributed by atoms with van der Waals surface area (Å²) in [5.41, 5.74) is 12.4. The van der Waals surface area contributed by atoms with Gasteiger partial charge in [0.1, 0.15) is 64.5 Å². The highest BCUT2D eigenvalue weighted by atomic mass is 79.9. The van der Waals surface area contributed by atoms with Crippen molar-refractivity contribution >= 4 is 143 Å². The minimum atomic E-state index is -0.364. The van der Waals surface area contributed by atoms with Crippen LogP contribution in [0.4, 0.5) is 0 Å². The molecular formula is C103H106BrCl2N9O18S3. The fourth-order valence-corrected chi connectivity index (χ4v) is 16.5. The molecule has 0 saturated heterocycles. The molecule has 0 fully saturated rings. The molecule has 27 nitrogen and oxygen atoms in total. The van der Waals surface area contributed by atoms with Crippen molar-refractivity contribution in [1.82, 2.24) is 30.9 Å². The Hall–Kier alpha value is -12.5. The van der Waals surface area contributed by atoms with Crippen molar-refractivity contribution in [3.63, 3.8) is 0 Å². The number of rotatable bonds is 43. The molecule has 0 atom stereocenters. The van der Waals surface area contributed by atoms with Crippen LogP contribution in [-0.4, -0.2) is 207 Å². The van der Waals surface area contributed by atoms with Gasteiger partial charge in [0.15, 0.2) is 23.1 Å². The van der Waals surface area contributed by atoms with Crippen LogP contribution in [0.5, 0.6) is 17.2 Å². The number of Topliss-reactive ketones (excluding diaryl/α,β-unsaturated/α-hetero) is 6. The van der Waals surface area contributed by atoms with Crippen molar-refractivity contribution in [3.8, 4) is 48.6 Å². The van der Waals surface area contributed by atoms with Gasteiger partial charge in [0.05, 0.1) is 84.1 Å². The van der Waals surface area contributed by atoms with Gasteiger partial charge in [0.25, 0.3) is 17.7 Å². The number of nitrogens with zero attached hydrogens (tertiary/aromatic N) is 5. The molecule has 710 valence electrons. The molecule has 10 N–H and O–H groups in total. The zero-order valence-corrected chi connectivity index (χ0v) is 81.6. The molecule has 0 bridgehead atoms. The Kier molecular flexibility index (Phi) is 42.8. The van der Waals surface area contributed by atoms with Crippen LogP contribution in [-0.2, 0) is 38.9 Å². The van der Waals surface area contributed by atoms with E-state index in [0.29, 0.717) is 130 Å². The Labute approximate surface area is 818 Å². The predicted octanol–water partition coefficient (Wildman–Crippen LogP) is 18.2. The molecule has 0 aliphatic rings. The number of amides is 3. The highest BCUT2D eigenvalue weighted by Gasteiger charge is 2.23. The number of thiophene rings is 3. The molecule has 3 amide bonds. The Bertz CT molecular complexity index is 6200. The molecule has 0 radical (unpaired) electrons. The van der Waals surface area contributed by atoms with Gasteiger partial charge in [-0.3, -0.25) is 53.1 Å². The van der Waals surface area contributed by atoms with E-state index in [4.69, 9.17) is 58.1 Å². The lowest BCUT2D eigenvalue weighted by atomic mass is 9.86. The first-order chi connectivity index (χ1) is 65.2. The van der Waals surface area contributed by atoms with Crippen molar-refractivity contribution in [2.45, 2.75) is 92.4 Å². The average molecular weight is 2010 g/mol. The van der Waals surface area contributed by atoms with E-state index in [0.717, 1.165) is 42.0 Å². The second-order valence-corrected chi connectivity index (χ2v) is 36.0. The monoisotopic (exact) mass is 2000 g/mol. The number of hydrogen-bond acceptors (Lipinski definition) is 27. The van der Waals surface area contributed by atoms with Crippen molar-refractivity contribution in [2.24, 2.45) is 9.98 Å². The smallest absolute Gasteiger partial charge is 0.251 e. The molecule has 0 spiro atoms. The molecular weight excluding hydrogens is 1900 g/mol. The number of pyridine rings is 3. The fraction of sp³-hybridized carbons (Fsp3) is 0.272. The molecule has 0 aliphatic carbocycles. The molecule has 6 heterocycles. The van der Waals surface area contributed by atoms with Gasteiger partial charge in [0.2, 0.25) is 11.6 Å². The van der Waals surface area contributed by atoms with Crippen molar-refractivity contribution < 1.29 is 88.0 Å². The normalized spacial score (nSPS) is 11.2. The second kappa shape index (κ2) is 54.3. The van der Waals surface area contributed by atoms with Crippen molar-refractivity contribution in [2.75, 3.05) is 92.2 Å². The molecule has 136 heavy (non-hydrogen) atoms. The number of aryl methyl sites for hydroxylation is 3. The number of ketones is 6. The number of nitrogens with one attached hydrogen (secondary N) is 4. The van der Waals surface area contributed by atoms with Gasteiger partial charge in [-0.05, 0) is 181 Å². The summed E-state index contributed by atoms with van der Waals surface area (Å²) in [5.74, 6) is -1.72. The molecule has 6 aromatic heterocycles. The van der Waals surface area contributed by atoms with E-state index in [1.54, 1.807) is 154 Å². The lowest BCUT2D eigenvalue weighted by Crippen LogP contribution is -2.27. The number of halogens is 3. The van der Waals surface area contributed by atoms with Gasteiger partial charge in [-0.2, -0.15) is 0 Å². The lowest BCUT2D eigenvalue weighted by Gasteiger charge is -2.19. The maximum Gasteiger partial charge on any atom is 0.251 e. The first kappa shape index (κ1) is 107. The molecule has 6 aromatic carbocycles. The number of carbonyl (C=O) groups is 9. The van der Waals surface area contributed by atoms with Crippen LogP contribution in [0.25, 0.3) is 31.3 Å². The van der Waals surface area contributed by atoms with Crippen LogP contribution in [0.1, 0.15) is 201 Å². The van der Waals surface area contributed by atoms with E-state index in [9.17, 15) is 58.5 Å². The SMILES string of the molecule is CC(=N)c1csc(-c2ccc(Br)cc2)c1O.CC(=NCC(=O)c1cccc(C(=O)CCc2ccc(C(=O)NCCOCCO)cc2)n1)c1csc(-c2ccc(C(C)(C)C)cc2)c1O.CC(=NCC(=O)c1cccc(C(=O)CCc2ccc(C(=O)NCCOCCO)cc2)n1)c1csc(-c2ccc(Cl)c(Cl)c2)c1O.CC(=O)c1cccc(C(=O)CCc2ccc(C(=O)NCCOCCO)cc2)n1. The van der Waals surface area contributed by atoms with Crippen LogP contribution in [0, 0.1) is 5.41 Å². The topological polar surface area (TPSA) is 426 Å². The zero-order valence-electron chi connectivity index (χ0n) is 76.0. The Balaban J connectivity index is 0.000000216. The van der Waals surface area contributed by atoms with E-state index >= 15 is 0 Å². The summed E-state index contributed by atoms with van der Waals surface area (Å²) < 4.78 is 16.3. The third-order valence-electron chi connectivity index (χ3n) is 20.6. The summed E-state index contributed by atoms with van der Waals surface area (Å²) in [5, 5.41) is 79.7. The third kappa shape index (κ3) is 32.9. The van der Waals surface area contributed by atoms with E-state index in [2.05, 4.69) is 89.7 Å². The zero-order chi connectivity index (χ0) is 98.4. The van der Waals surface area contributed by atoms with Gasteiger partial charge >= 0.3 is 0 Å². The first-order valence-electron chi connectivity index (χ1n) is 43.3. The summed E-state index contributed by atoms with van der Waals surface area (Å²) in [6, 6.07) is 56.3. The van der Waals surface area contributed by atoms with Gasteiger partial charge in [-0.1, -0.05) is 157 Å². The molecule has 33 heteroatoms. The van der Waals surface area contributed by atoms with Gasteiger partial charge in [-0.25, -0.2) is 15.0 Å². The highest BCUT2D eigenvalue weighted by Crippen LogP contribution is 2.43. The highest BCUT2D eigenvalue weighted by molar-refractivity contribution is 9.10. The minimum absolute atomic E-state index is 0.0343. The van der Waals surface area contributed by atoms with Crippen molar-refractivity contribution in [3.05, 3.63) is 315 Å². The number of benzene rings is 6. The Morgan fingerprint density at radius 1 is 0.404 bits per heavy atom. The maximum absolute atomic E-state index is 13.0. The molecule has 0 saturated carbocycles. The standard InChI is InChI=1S/C37H41N3O6S.C33H31Cl2N3O6S.C21H24N2O5.C12H10BrNOS/c1-24(29-23-47-35(34(29)44)26-13-15-28(16-14-26)37(2,3)4)39-22-33(43)31-7-5-6-30(40-31)32(42)17-10-25-8-11-27(12-9-25)36(45)38-18-20-46-21-19-41;1-20(24-19-45-32(31(24)42)23-10-11-25(34)26(35)17-23)37-18-30(41)28-4-2-3-27(38-28)29(40)12-7-21-5-8-22(9-6-21)33(43)36-13-15-44-16-14-39;1-15(25)18-3-2-4-19(23-18)20(26)10-7-16-5-8-17(9-6-16)21(27)22-11-13-28-14-12-24;1-7(14)10-6-16-12(11(10)15)8-2-4-9(13)5-3-8/h5-9,11-16,23,41,44H,10,17-22H2,1-4H3,(H,38,45);2-6,8-11,17,19,39,42H,7,12-16,18H2,1H3,(H,36,43);2-6,8-9,24H,7,10-14H2,1H3,(H,22,27);2-6,14-15H,1H3. The maximum atomic E-state index is 13.0. The van der Waals surface area contributed by atoms with Crippen LogP contribution in [0.3, 0.4) is 0 Å². The van der Waals surface area contributed by atoms with E-state index in [-0.39, 0.29) is 181 Å². The lowest BCUT2D eigenvalue weighted by molar-refractivity contribution is 0.0834. The van der Waals surface area contributed by atoms with E-state index in [1.807, 2.05) is 59.3 Å². The predicted molar refractivity (Wildman–Crippen MR) is 537 cm³/mol. The van der Waals surface area contributed by atoms with E-state index < -0.39 is 0 Å². The number of aliphatic imine (C=N–C) groups is 2. The minimum Gasteiger partial charge on any atom is -0.506 e. The van der Waals surface area contributed by atoms with Crippen LogP contribution >= 0.6 is 73.1 Å². The Morgan fingerprint density at radius 2 is 0.721 bits per heavy atom. The quantitative estimate of drug-likeness (QED) is 0.00964. The molecule has 12 rings (SSSR count). The number of aromatic nitrogens is 3. The summed E-state index contributed by atoms with van der Waals surface area (Å²) in [7, 11) is 0. The largest absolute Gasteiger partial charge is 0.506 e. The number of ether oxygens (including phenoxy) is 3. The third-order valence-corrected chi connectivity index (χ3v) is 24.9. The van der Waals surface area contributed by atoms with Crippen molar-refractivity contribution in [1.29, 1.82) is 5.41 Å². The Morgan fingerprint density at radius 3 is 1.05 bits per heavy atom. The van der Waals surface area contributed by atoms with Crippen LogP contribution in [0.2, 0.25) is 10.0 Å². The van der Waals surface area contributed by atoms with Crippen LogP contribution in [0.15, 0.2) is 225 Å². The fourth-order valence-electron chi connectivity index (χ4n) is 12.9. The molecule has 12 aromatic rings. The number of aromatic hydroxyl groups is 3. The number of hydrogen-bond donors (Lipinski definition) is 10. The second-order valence-electron chi connectivity index (χ2n) is 31.6. The molecule has 0 unspecified atom stereocenters. The average Bonchev–Trinajstić information content (AvgIpc) is 1.65. The van der Waals surface area contributed by atoms with Gasteiger partial charge < -0.3 is 66.2 Å². The molecule has 0 aliphatic heterocycles. The van der Waals surface area contributed by atoms with Crippen LogP contribution < -0.4 is 16.0 Å². The number of carbonyl (C=O) groups excluding carboxylic acids is 9.